The predicted octanol–water partition coefficient (Wildman–Crippen LogP) is 3.61. The van der Waals surface area contributed by atoms with Crippen LogP contribution in [0, 0.1) is 5.82 Å². The summed E-state index contributed by atoms with van der Waals surface area (Å²) < 4.78 is 21.1. The van der Waals surface area contributed by atoms with Crippen LogP contribution in [0.25, 0.3) is 11.3 Å². The second kappa shape index (κ2) is 8.37. The third kappa shape index (κ3) is 3.43. The number of pyridine rings is 1. The molecular weight excluding hydrogens is 487 g/mol. The fourth-order valence-corrected chi connectivity index (χ4v) is 6.10. The summed E-state index contributed by atoms with van der Waals surface area (Å²) in [5.74, 6) is -0.883. The molecule has 3 fully saturated rings. The molecule has 0 unspecified atom stereocenters. The van der Waals surface area contributed by atoms with Gasteiger partial charge in [0.05, 0.1) is 11.6 Å². The molecule has 10 heteroatoms. The van der Waals surface area contributed by atoms with E-state index >= 15 is 0 Å². The molecule has 0 radical (unpaired) electrons. The SMILES string of the molecule is C=CC(=O)N1CCN2C(=O)c3c(N4CCCC45CC5)nc(-c4c(O)cccc4F)c(Cl)c3OC[C@H]2C1. The number of aromatic hydroxyl groups is 1. The lowest BCUT2D eigenvalue weighted by molar-refractivity contribution is -0.128. The van der Waals surface area contributed by atoms with Crippen LogP contribution in [0.2, 0.25) is 5.02 Å². The van der Waals surface area contributed by atoms with Crippen LogP contribution in [0.4, 0.5) is 10.2 Å². The van der Waals surface area contributed by atoms with Crippen LogP contribution in [0.1, 0.15) is 36.0 Å². The largest absolute Gasteiger partial charge is 0.507 e. The van der Waals surface area contributed by atoms with Gasteiger partial charge in [-0.2, -0.15) is 0 Å². The van der Waals surface area contributed by atoms with Crippen molar-refractivity contribution in [1.29, 1.82) is 0 Å². The Hall–Kier alpha value is -3.33. The molecule has 36 heavy (non-hydrogen) atoms. The molecule has 1 aromatic carbocycles. The standard InChI is InChI=1S/C26H26ClFN4O4/c1-2-18(34)30-11-12-31-15(13-30)14-36-23-20(25(31)35)24(32-10-4-7-26(32)8-9-26)29-22(21(23)27)19-16(28)5-3-6-17(19)33/h2-3,5-6,15,33H,1,4,7-14H2/t15-/m1/s1. The zero-order chi connectivity index (χ0) is 25.2. The Morgan fingerprint density at radius 2 is 2.06 bits per heavy atom. The number of piperazine rings is 1. The van der Waals surface area contributed by atoms with E-state index < -0.39 is 5.82 Å². The zero-order valence-corrected chi connectivity index (χ0v) is 20.4. The number of benzene rings is 1. The summed E-state index contributed by atoms with van der Waals surface area (Å²) in [7, 11) is 0. The van der Waals surface area contributed by atoms with Crippen molar-refractivity contribution in [3.05, 3.63) is 47.3 Å². The van der Waals surface area contributed by atoms with Crippen molar-refractivity contribution in [3.8, 4) is 22.8 Å². The summed E-state index contributed by atoms with van der Waals surface area (Å²) in [5, 5.41) is 10.5. The van der Waals surface area contributed by atoms with Gasteiger partial charge in [-0.3, -0.25) is 9.59 Å². The molecule has 188 valence electrons. The lowest BCUT2D eigenvalue weighted by Gasteiger charge is -2.39. The van der Waals surface area contributed by atoms with E-state index in [0.717, 1.165) is 25.7 Å². The molecule has 8 nitrogen and oxygen atoms in total. The highest BCUT2D eigenvalue weighted by Gasteiger charge is 2.53. The van der Waals surface area contributed by atoms with Gasteiger partial charge < -0.3 is 24.5 Å². The average molecular weight is 513 g/mol. The molecule has 4 heterocycles. The van der Waals surface area contributed by atoms with Crippen molar-refractivity contribution in [3.63, 3.8) is 0 Å². The van der Waals surface area contributed by atoms with E-state index in [1.165, 1.54) is 24.3 Å². The highest BCUT2D eigenvalue weighted by atomic mass is 35.5. The quantitative estimate of drug-likeness (QED) is 0.632. The van der Waals surface area contributed by atoms with Gasteiger partial charge in [-0.25, -0.2) is 9.37 Å². The summed E-state index contributed by atoms with van der Waals surface area (Å²) in [5.41, 5.74) is 0.111. The molecule has 4 aliphatic rings. The number of anilines is 1. The first-order valence-electron chi connectivity index (χ1n) is 12.2. The fraction of sp³-hybridized carbons (Fsp3) is 0.423. The van der Waals surface area contributed by atoms with Crippen LogP contribution in [0.5, 0.6) is 11.5 Å². The van der Waals surface area contributed by atoms with Gasteiger partial charge in [0.25, 0.3) is 5.91 Å². The highest BCUT2D eigenvalue weighted by molar-refractivity contribution is 6.35. The minimum Gasteiger partial charge on any atom is -0.507 e. The molecule has 2 aromatic rings. The van der Waals surface area contributed by atoms with E-state index in [-0.39, 0.29) is 63.3 Å². The number of rotatable bonds is 3. The number of hydrogen-bond acceptors (Lipinski definition) is 6. The minimum absolute atomic E-state index is 0.0228. The van der Waals surface area contributed by atoms with Gasteiger partial charge in [-0.1, -0.05) is 24.2 Å². The molecule has 6 rings (SSSR count). The van der Waals surface area contributed by atoms with Crippen LogP contribution < -0.4 is 9.64 Å². The zero-order valence-electron chi connectivity index (χ0n) is 19.7. The van der Waals surface area contributed by atoms with Gasteiger partial charge in [-0.05, 0) is 43.9 Å². The number of nitrogens with zero attached hydrogens (tertiary/aromatic N) is 4. The minimum atomic E-state index is -0.672. The summed E-state index contributed by atoms with van der Waals surface area (Å²) in [4.78, 5) is 36.5. The number of ether oxygens (including phenoxy) is 1. The Morgan fingerprint density at radius 1 is 1.25 bits per heavy atom. The maximum Gasteiger partial charge on any atom is 0.261 e. The maximum atomic E-state index is 14.9. The van der Waals surface area contributed by atoms with E-state index in [4.69, 9.17) is 21.3 Å². The molecule has 1 N–H and O–H groups in total. The van der Waals surface area contributed by atoms with Gasteiger partial charge in [0.15, 0.2) is 5.75 Å². The average Bonchev–Trinajstić information content (AvgIpc) is 3.56. The van der Waals surface area contributed by atoms with Crippen molar-refractivity contribution < 1.29 is 23.8 Å². The molecule has 1 saturated carbocycles. The highest BCUT2D eigenvalue weighted by Crippen LogP contribution is 2.54. The second-order valence-electron chi connectivity index (χ2n) is 9.87. The fourth-order valence-electron chi connectivity index (χ4n) is 5.82. The molecule has 1 aromatic heterocycles. The van der Waals surface area contributed by atoms with E-state index in [9.17, 15) is 19.1 Å². The smallest absolute Gasteiger partial charge is 0.261 e. The van der Waals surface area contributed by atoms with E-state index in [2.05, 4.69) is 11.5 Å². The molecule has 2 saturated heterocycles. The molecule has 0 bridgehead atoms. The Kier molecular flexibility index (Phi) is 5.37. The van der Waals surface area contributed by atoms with Crippen LogP contribution in [0.15, 0.2) is 30.9 Å². The van der Waals surface area contributed by atoms with Crippen molar-refractivity contribution in [2.24, 2.45) is 0 Å². The Morgan fingerprint density at radius 3 is 2.78 bits per heavy atom. The topological polar surface area (TPSA) is 86.2 Å². The lowest BCUT2D eigenvalue weighted by Crippen LogP contribution is -2.57. The Labute approximate surface area is 212 Å². The first kappa shape index (κ1) is 23.1. The molecule has 1 aliphatic carbocycles. The second-order valence-corrected chi connectivity index (χ2v) is 10.2. The normalized spacial score (nSPS) is 22.1. The predicted molar refractivity (Wildman–Crippen MR) is 132 cm³/mol. The first-order chi connectivity index (χ1) is 17.3. The number of phenols is 1. The van der Waals surface area contributed by atoms with E-state index in [1.807, 2.05) is 0 Å². The van der Waals surface area contributed by atoms with Crippen molar-refractivity contribution >= 4 is 29.2 Å². The first-order valence-corrected chi connectivity index (χ1v) is 12.6. The molecule has 1 atom stereocenters. The van der Waals surface area contributed by atoms with Gasteiger partial charge in [-0.15, -0.1) is 0 Å². The third-order valence-electron chi connectivity index (χ3n) is 7.85. The van der Waals surface area contributed by atoms with Gasteiger partial charge in [0.2, 0.25) is 5.91 Å². The summed E-state index contributed by atoms with van der Waals surface area (Å²) in [6.07, 6.45) is 5.20. The van der Waals surface area contributed by atoms with Crippen molar-refractivity contribution in [2.45, 2.75) is 37.3 Å². The summed E-state index contributed by atoms with van der Waals surface area (Å²) in [6, 6.07) is 3.62. The van der Waals surface area contributed by atoms with Crippen molar-refractivity contribution in [1.82, 2.24) is 14.8 Å². The molecule has 3 aliphatic heterocycles. The Balaban J connectivity index is 1.51. The van der Waals surface area contributed by atoms with Crippen LogP contribution in [0.3, 0.4) is 0 Å². The number of amides is 2. The van der Waals surface area contributed by atoms with Crippen molar-refractivity contribution in [2.75, 3.05) is 37.7 Å². The van der Waals surface area contributed by atoms with E-state index in [0.29, 0.717) is 32.0 Å². The molecular formula is C26H26ClFN4O4. The summed E-state index contributed by atoms with van der Waals surface area (Å²) in [6.45, 7) is 5.40. The number of fused-ring (bicyclic) bond motifs is 2. The maximum absolute atomic E-state index is 14.9. The lowest BCUT2D eigenvalue weighted by atomic mass is 10.0. The number of phenolic OH excluding ortho intramolecular Hbond substituents is 1. The number of carbonyl (C=O) groups excluding carboxylic acids is 2. The number of hydrogen-bond donors (Lipinski definition) is 1. The number of halogens is 2. The Bertz CT molecular complexity index is 1280. The van der Waals surface area contributed by atoms with Crippen LogP contribution >= 0.6 is 11.6 Å². The molecule has 1 spiro atoms. The number of carbonyl (C=O) groups is 2. The van der Waals surface area contributed by atoms with Crippen LogP contribution in [-0.2, 0) is 4.79 Å². The summed E-state index contributed by atoms with van der Waals surface area (Å²) >= 11 is 6.78. The van der Waals surface area contributed by atoms with E-state index in [1.54, 1.807) is 9.80 Å². The third-order valence-corrected chi connectivity index (χ3v) is 8.20. The van der Waals surface area contributed by atoms with Gasteiger partial charge >= 0.3 is 0 Å². The van der Waals surface area contributed by atoms with Gasteiger partial charge in [0.1, 0.15) is 40.3 Å². The van der Waals surface area contributed by atoms with Gasteiger partial charge in [0, 0.05) is 31.7 Å². The monoisotopic (exact) mass is 512 g/mol. The number of aromatic nitrogens is 1. The van der Waals surface area contributed by atoms with Crippen LogP contribution in [-0.4, -0.2) is 76.1 Å². The molecule has 2 amide bonds.